The Bertz CT molecular complexity index is 774. The monoisotopic (exact) mass is 369 g/mol. The van der Waals surface area contributed by atoms with Gasteiger partial charge in [0.2, 0.25) is 0 Å². The van der Waals surface area contributed by atoms with Gasteiger partial charge >= 0.3 is 12.0 Å². The molecule has 1 heterocycles. The molecule has 1 aromatic heterocycles. The highest BCUT2D eigenvalue weighted by Crippen LogP contribution is 2.16. The summed E-state index contributed by atoms with van der Waals surface area (Å²) in [4.78, 5) is 28.0. The number of carbonyl (C=O) groups is 2. The van der Waals surface area contributed by atoms with Crippen LogP contribution >= 0.6 is 0 Å². The van der Waals surface area contributed by atoms with Crippen LogP contribution in [0.2, 0.25) is 0 Å². The number of hydrogen-bond acceptors (Lipinski definition) is 5. The van der Waals surface area contributed by atoms with E-state index in [1.54, 1.807) is 12.4 Å². The van der Waals surface area contributed by atoms with Crippen molar-refractivity contribution in [3.05, 3.63) is 54.2 Å². The van der Waals surface area contributed by atoms with E-state index in [1.165, 1.54) is 12.5 Å². The van der Waals surface area contributed by atoms with Gasteiger partial charge in [0.15, 0.2) is 0 Å². The summed E-state index contributed by atoms with van der Waals surface area (Å²) in [5.74, 6) is -0.0249. The van der Waals surface area contributed by atoms with Crippen molar-refractivity contribution in [2.24, 2.45) is 11.0 Å². The van der Waals surface area contributed by atoms with Crippen LogP contribution in [-0.2, 0) is 9.53 Å². The molecule has 0 saturated carbocycles. The molecule has 0 bridgehead atoms. The molecule has 27 heavy (non-hydrogen) atoms. The molecule has 0 aliphatic rings. The third-order valence-corrected chi connectivity index (χ3v) is 3.82. The Hall–Kier alpha value is -3.06. The van der Waals surface area contributed by atoms with E-state index >= 15 is 0 Å². The predicted octanol–water partition coefficient (Wildman–Crippen LogP) is 1.94. The average molecular weight is 369 g/mol. The number of pyridine rings is 1. The number of aromatic nitrogens is 1. The number of nitrogens with two attached hydrogens (primary N) is 1. The van der Waals surface area contributed by atoms with Gasteiger partial charge in [0.05, 0.1) is 19.0 Å². The summed E-state index contributed by atoms with van der Waals surface area (Å²) in [6, 6.07) is 12.8. The summed E-state index contributed by atoms with van der Waals surface area (Å²) in [6.07, 6.45) is 3.24. The van der Waals surface area contributed by atoms with Crippen LogP contribution in [0.1, 0.15) is 25.8 Å². The number of ether oxygens (including phenoxy) is 1. The first-order chi connectivity index (χ1) is 13.0. The third-order valence-electron chi connectivity index (χ3n) is 3.82. The first-order valence-corrected chi connectivity index (χ1v) is 8.75. The number of primary amides is 1. The number of rotatable bonds is 7. The molecule has 2 rings (SSSR count). The second kappa shape index (κ2) is 10.2. The Balaban J connectivity index is 1.96. The largest absolute Gasteiger partial charge is 0.453 e. The van der Waals surface area contributed by atoms with Crippen LogP contribution in [0.3, 0.4) is 0 Å². The van der Waals surface area contributed by atoms with Crippen molar-refractivity contribution in [1.29, 1.82) is 0 Å². The van der Waals surface area contributed by atoms with Crippen LogP contribution < -0.4 is 10.7 Å². The van der Waals surface area contributed by atoms with Gasteiger partial charge in [0.25, 0.3) is 0 Å². The van der Waals surface area contributed by atoms with Gasteiger partial charge < -0.3 is 10.1 Å². The smallest absolute Gasteiger partial charge is 0.407 e. The molecular formula is C20H25N4O3+. The Morgan fingerprint density at radius 3 is 2.56 bits per heavy atom. The predicted molar refractivity (Wildman–Crippen MR) is 103 cm³/mol. The molecule has 0 fully saturated rings. The van der Waals surface area contributed by atoms with Crippen LogP contribution in [0.25, 0.3) is 11.3 Å². The summed E-state index contributed by atoms with van der Waals surface area (Å²) in [7, 11) is 1.27. The Kier molecular flexibility index (Phi) is 7.63. The van der Waals surface area contributed by atoms with Gasteiger partial charge in [-0.2, -0.15) is 5.43 Å². The molecular weight excluding hydrogens is 344 g/mol. The average Bonchev–Trinajstić information content (AvgIpc) is 2.68. The van der Waals surface area contributed by atoms with Gasteiger partial charge in [-0.05, 0) is 30.0 Å². The number of quaternary nitrogens is 1. The van der Waals surface area contributed by atoms with E-state index in [4.69, 9.17) is 0 Å². The Morgan fingerprint density at radius 1 is 1.22 bits per heavy atom. The maximum absolute atomic E-state index is 12.3. The second-order valence-corrected chi connectivity index (χ2v) is 6.46. The minimum Gasteiger partial charge on any atom is -0.453 e. The molecule has 2 amide bonds. The van der Waals surface area contributed by atoms with Gasteiger partial charge in [0.1, 0.15) is 6.04 Å². The highest BCUT2D eigenvalue weighted by molar-refractivity contribution is 5.82. The van der Waals surface area contributed by atoms with Crippen molar-refractivity contribution in [2.45, 2.75) is 26.3 Å². The lowest BCUT2D eigenvalue weighted by molar-refractivity contribution is -0.575. The summed E-state index contributed by atoms with van der Waals surface area (Å²) in [5.41, 5.74) is 4.00. The molecule has 0 aliphatic carbocycles. The zero-order chi connectivity index (χ0) is 19.6. The van der Waals surface area contributed by atoms with Gasteiger partial charge in [-0.1, -0.05) is 49.3 Å². The number of alkyl carbamates (subject to hydrolysis) is 1. The van der Waals surface area contributed by atoms with Gasteiger partial charge in [-0.3, -0.25) is 4.98 Å². The van der Waals surface area contributed by atoms with Gasteiger partial charge in [-0.25, -0.2) is 9.59 Å². The van der Waals surface area contributed by atoms with Crippen LogP contribution in [0.4, 0.5) is 4.79 Å². The number of nitrogens with zero attached hydrogens (tertiary/aromatic N) is 2. The fourth-order valence-electron chi connectivity index (χ4n) is 2.48. The van der Waals surface area contributed by atoms with Crippen molar-refractivity contribution in [2.75, 3.05) is 7.11 Å². The summed E-state index contributed by atoms with van der Waals surface area (Å²) in [5, 5.41) is 6.65. The Morgan fingerprint density at radius 2 is 1.96 bits per heavy atom. The summed E-state index contributed by atoms with van der Waals surface area (Å²) >= 11 is 0. The number of nitrogens with one attached hydrogen (secondary N) is 1. The number of methoxy groups -OCH3 is 1. The van der Waals surface area contributed by atoms with E-state index < -0.39 is 12.1 Å². The zero-order valence-electron chi connectivity index (χ0n) is 15.8. The molecule has 7 heteroatoms. The molecule has 0 radical (unpaired) electrons. The molecule has 0 spiro atoms. The second-order valence-electron chi connectivity index (χ2n) is 6.46. The van der Waals surface area contributed by atoms with Crippen LogP contribution in [0.5, 0.6) is 0 Å². The van der Waals surface area contributed by atoms with E-state index in [9.17, 15) is 9.59 Å². The lowest BCUT2D eigenvalue weighted by Gasteiger charge is -2.15. The fourth-order valence-corrected chi connectivity index (χ4v) is 2.48. The van der Waals surface area contributed by atoms with Crippen molar-refractivity contribution >= 4 is 18.2 Å². The quantitative estimate of drug-likeness (QED) is 0.443. The number of amides is 2. The standard InChI is InChI=1S/C20H24N4O3/c1-14(2)12-18(23-20(26)27-3)19(25)24-22-13-15-7-9-16(10-8-15)17-6-4-5-11-21-17/h4-11,13-14,18H,12H2,1-3H3,(H,23,26)(H,24,25)/p+1/b22-13+. The van der Waals surface area contributed by atoms with Crippen LogP contribution in [-0.4, -0.2) is 36.4 Å². The van der Waals surface area contributed by atoms with Gasteiger partial charge in [-0.15, -0.1) is 0 Å². The highest BCUT2D eigenvalue weighted by atomic mass is 16.5. The molecule has 2 aromatic rings. The lowest BCUT2D eigenvalue weighted by Crippen LogP contribution is -2.86. The number of carbonyl (C=O) groups excluding carboxylic acids is 2. The van der Waals surface area contributed by atoms with Crippen molar-refractivity contribution in [3.8, 4) is 11.3 Å². The Labute approximate surface area is 158 Å². The maximum Gasteiger partial charge on any atom is 0.407 e. The van der Waals surface area contributed by atoms with E-state index in [1.807, 2.05) is 56.3 Å². The number of benzene rings is 1. The maximum atomic E-state index is 12.3. The minimum atomic E-state index is -0.652. The molecule has 1 atom stereocenters. The highest BCUT2D eigenvalue weighted by Gasteiger charge is 2.25. The topological polar surface area (TPSA) is 97.3 Å². The zero-order valence-corrected chi connectivity index (χ0v) is 15.8. The van der Waals surface area contributed by atoms with E-state index in [0.29, 0.717) is 6.42 Å². The molecule has 7 nitrogen and oxygen atoms in total. The fraction of sp³-hybridized carbons (Fsp3) is 0.300. The normalized spacial score (nSPS) is 12.1. The molecule has 3 N–H and O–H groups in total. The van der Waals surface area contributed by atoms with E-state index in [0.717, 1.165) is 16.8 Å². The van der Waals surface area contributed by atoms with Crippen molar-refractivity contribution in [3.63, 3.8) is 0 Å². The van der Waals surface area contributed by atoms with Crippen molar-refractivity contribution in [1.82, 2.24) is 10.3 Å². The first-order valence-electron chi connectivity index (χ1n) is 8.75. The van der Waals surface area contributed by atoms with Crippen LogP contribution in [0, 0.1) is 5.92 Å². The minimum absolute atomic E-state index is 0.243. The van der Waals surface area contributed by atoms with E-state index in [2.05, 4.69) is 20.1 Å². The molecule has 0 aliphatic heterocycles. The summed E-state index contributed by atoms with van der Waals surface area (Å²) in [6.45, 7) is 3.96. The van der Waals surface area contributed by atoms with Gasteiger partial charge in [0, 0.05) is 11.8 Å². The SMILES string of the molecule is COC(=O)NC(CC(C)C)C(=O)[NH2+]/N=C/c1ccc(-c2ccccn2)cc1. The molecule has 0 saturated heterocycles. The third kappa shape index (κ3) is 6.63. The van der Waals surface area contributed by atoms with E-state index in [-0.39, 0.29) is 11.8 Å². The molecule has 1 unspecified atom stereocenters. The van der Waals surface area contributed by atoms with Crippen molar-refractivity contribution < 1.29 is 19.8 Å². The molecule has 1 aromatic carbocycles. The molecule has 142 valence electrons. The summed E-state index contributed by atoms with van der Waals surface area (Å²) < 4.78 is 4.57. The first kappa shape index (κ1) is 20.3. The number of hydrogen-bond donors (Lipinski definition) is 2. The van der Waals surface area contributed by atoms with Crippen LogP contribution in [0.15, 0.2) is 53.8 Å². The lowest BCUT2D eigenvalue weighted by atomic mass is 10.0.